The Bertz CT molecular complexity index is 432. The van der Waals surface area contributed by atoms with E-state index in [4.69, 9.17) is 0 Å². The van der Waals surface area contributed by atoms with Crippen LogP contribution >= 0.6 is 0 Å². The summed E-state index contributed by atoms with van der Waals surface area (Å²) in [6, 6.07) is 14.5. The van der Waals surface area contributed by atoms with Crippen molar-refractivity contribution in [3.8, 4) is 11.3 Å². The second-order valence-electron chi connectivity index (χ2n) is 3.71. The maximum atomic E-state index is 4.53. The lowest BCUT2D eigenvalue weighted by atomic mass is 10.1. The lowest BCUT2D eigenvalue weighted by Gasteiger charge is -2.05. The Labute approximate surface area is 96.4 Å². The second kappa shape index (κ2) is 4.79. The summed E-state index contributed by atoms with van der Waals surface area (Å²) in [7, 11) is 1.88. The normalized spacial score (nSPS) is 10.1. The van der Waals surface area contributed by atoms with Crippen molar-refractivity contribution in [3.63, 3.8) is 0 Å². The number of hydrogen-bond acceptors (Lipinski definition) is 2. The van der Waals surface area contributed by atoms with E-state index in [0.717, 1.165) is 17.9 Å². The number of nitrogens with one attached hydrogen (secondary N) is 1. The van der Waals surface area contributed by atoms with Crippen molar-refractivity contribution in [2.45, 2.75) is 13.3 Å². The van der Waals surface area contributed by atoms with Crippen LogP contribution in [-0.4, -0.2) is 12.0 Å². The molecule has 0 spiro atoms. The van der Waals surface area contributed by atoms with Crippen molar-refractivity contribution < 1.29 is 0 Å². The number of aryl methyl sites for hydroxylation is 1. The number of rotatable bonds is 3. The molecule has 0 aliphatic heterocycles. The van der Waals surface area contributed by atoms with Crippen molar-refractivity contribution in [1.82, 2.24) is 4.98 Å². The van der Waals surface area contributed by atoms with Gasteiger partial charge in [0.25, 0.3) is 0 Å². The molecule has 2 aromatic rings. The zero-order chi connectivity index (χ0) is 11.4. The maximum Gasteiger partial charge on any atom is 0.126 e. The van der Waals surface area contributed by atoms with E-state index < -0.39 is 0 Å². The molecule has 1 aromatic carbocycles. The second-order valence-corrected chi connectivity index (χ2v) is 3.71. The Balaban J connectivity index is 2.41. The number of pyridine rings is 1. The molecular formula is C14H16N2. The van der Waals surface area contributed by atoms with Gasteiger partial charge >= 0.3 is 0 Å². The van der Waals surface area contributed by atoms with Crippen molar-refractivity contribution in [1.29, 1.82) is 0 Å². The lowest BCUT2D eigenvalue weighted by molar-refractivity contribution is 1.14. The van der Waals surface area contributed by atoms with E-state index in [2.05, 4.69) is 41.5 Å². The molecule has 0 aliphatic rings. The summed E-state index contributed by atoms with van der Waals surface area (Å²) in [6.07, 6.45) is 1.06. The van der Waals surface area contributed by atoms with Crippen LogP contribution < -0.4 is 5.32 Å². The standard InChI is InChI=1S/C14H16N2/c1-3-11-6-4-7-12(10-11)13-8-5-9-14(15-2)16-13/h4-10H,3H2,1-2H3,(H,15,16). The van der Waals surface area contributed by atoms with Crippen LogP contribution in [0.1, 0.15) is 12.5 Å². The molecule has 0 amide bonds. The van der Waals surface area contributed by atoms with E-state index in [1.54, 1.807) is 0 Å². The minimum atomic E-state index is 0.902. The van der Waals surface area contributed by atoms with Gasteiger partial charge in [0, 0.05) is 12.6 Å². The van der Waals surface area contributed by atoms with Gasteiger partial charge in [-0.15, -0.1) is 0 Å². The minimum Gasteiger partial charge on any atom is -0.373 e. The maximum absolute atomic E-state index is 4.53. The monoisotopic (exact) mass is 212 g/mol. The smallest absolute Gasteiger partial charge is 0.126 e. The Hall–Kier alpha value is -1.83. The van der Waals surface area contributed by atoms with Gasteiger partial charge in [-0.3, -0.25) is 0 Å². The molecule has 0 atom stereocenters. The van der Waals surface area contributed by atoms with Crippen LogP contribution in [0.4, 0.5) is 5.82 Å². The fourth-order valence-electron chi connectivity index (χ4n) is 1.69. The van der Waals surface area contributed by atoms with Gasteiger partial charge in [-0.05, 0) is 30.2 Å². The highest BCUT2D eigenvalue weighted by Crippen LogP contribution is 2.20. The molecule has 1 N–H and O–H groups in total. The number of hydrogen-bond donors (Lipinski definition) is 1. The number of anilines is 1. The molecule has 2 nitrogen and oxygen atoms in total. The quantitative estimate of drug-likeness (QED) is 0.844. The minimum absolute atomic E-state index is 0.902. The molecule has 0 unspecified atom stereocenters. The van der Waals surface area contributed by atoms with E-state index in [1.165, 1.54) is 11.1 Å². The number of benzene rings is 1. The van der Waals surface area contributed by atoms with Crippen molar-refractivity contribution >= 4 is 5.82 Å². The van der Waals surface area contributed by atoms with E-state index in [-0.39, 0.29) is 0 Å². The zero-order valence-electron chi connectivity index (χ0n) is 9.70. The van der Waals surface area contributed by atoms with E-state index in [9.17, 15) is 0 Å². The van der Waals surface area contributed by atoms with Gasteiger partial charge in [0.2, 0.25) is 0 Å². The highest BCUT2D eigenvalue weighted by Gasteiger charge is 2.00. The number of aromatic nitrogens is 1. The number of nitrogens with zero attached hydrogens (tertiary/aromatic N) is 1. The fraction of sp³-hybridized carbons (Fsp3) is 0.214. The van der Waals surface area contributed by atoms with Gasteiger partial charge in [0.15, 0.2) is 0 Å². The summed E-state index contributed by atoms with van der Waals surface area (Å²) >= 11 is 0. The largest absolute Gasteiger partial charge is 0.373 e. The van der Waals surface area contributed by atoms with Crippen LogP contribution in [-0.2, 0) is 6.42 Å². The van der Waals surface area contributed by atoms with Crippen LogP contribution in [0.2, 0.25) is 0 Å². The van der Waals surface area contributed by atoms with Crippen LogP contribution in [0.5, 0.6) is 0 Å². The predicted octanol–water partition coefficient (Wildman–Crippen LogP) is 3.35. The van der Waals surface area contributed by atoms with E-state index in [0.29, 0.717) is 0 Å². The van der Waals surface area contributed by atoms with Crippen molar-refractivity contribution in [2.24, 2.45) is 0 Å². The van der Waals surface area contributed by atoms with Crippen LogP contribution in [0.15, 0.2) is 42.5 Å². The van der Waals surface area contributed by atoms with Gasteiger partial charge in [-0.1, -0.05) is 31.2 Å². The van der Waals surface area contributed by atoms with E-state index in [1.807, 2.05) is 25.2 Å². The molecule has 16 heavy (non-hydrogen) atoms. The molecule has 2 heteroatoms. The molecule has 82 valence electrons. The third-order valence-electron chi connectivity index (χ3n) is 2.64. The molecule has 0 fully saturated rings. The Morgan fingerprint density at radius 1 is 1.12 bits per heavy atom. The topological polar surface area (TPSA) is 24.9 Å². The molecular weight excluding hydrogens is 196 g/mol. The van der Waals surface area contributed by atoms with Crippen molar-refractivity contribution in [3.05, 3.63) is 48.0 Å². The van der Waals surface area contributed by atoms with Crippen molar-refractivity contribution in [2.75, 3.05) is 12.4 Å². The van der Waals surface area contributed by atoms with E-state index >= 15 is 0 Å². The molecule has 0 saturated carbocycles. The first-order valence-electron chi connectivity index (χ1n) is 5.57. The average molecular weight is 212 g/mol. The average Bonchev–Trinajstić information content (AvgIpc) is 2.39. The predicted molar refractivity (Wildman–Crippen MR) is 68.6 cm³/mol. The fourth-order valence-corrected chi connectivity index (χ4v) is 1.69. The third kappa shape index (κ3) is 2.22. The van der Waals surface area contributed by atoms with Gasteiger partial charge < -0.3 is 5.32 Å². The summed E-state index contributed by atoms with van der Waals surface area (Å²) < 4.78 is 0. The summed E-state index contributed by atoms with van der Waals surface area (Å²) in [5.41, 5.74) is 3.53. The Morgan fingerprint density at radius 3 is 2.69 bits per heavy atom. The first-order valence-corrected chi connectivity index (χ1v) is 5.57. The summed E-state index contributed by atoms with van der Waals surface area (Å²) in [6.45, 7) is 2.16. The molecule has 1 aromatic heterocycles. The SMILES string of the molecule is CCc1cccc(-c2cccc(NC)n2)c1. The molecule has 0 radical (unpaired) electrons. The molecule has 1 heterocycles. The Morgan fingerprint density at radius 2 is 1.94 bits per heavy atom. The van der Waals surface area contributed by atoms with Gasteiger partial charge in [-0.25, -0.2) is 4.98 Å². The Kier molecular flexibility index (Phi) is 3.20. The molecule has 2 rings (SSSR count). The zero-order valence-corrected chi connectivity index (χ0v) is 9.70. The summed E-state index contributed by atoms with van der Waals surface area (Å²) in [4.78, 5) is 4.53. The summed E-state index contributed by atoms with van der Waals surface area (Å²) in [5, 5.41) is 3.05. The molecule has 0 bridgehead atoms. The first-order chi connectivity index (χ1) is 7.83. The first kappa shape index (κ1) is 10.7. The van der Waals surface area contributed by atoms with Crippen LogP contribution in [0.3, 0.4) is 0 Å². The molecule has 0 saturated heterocycles. The third-order valence-corrected chi connectivity index (χ3v) is 2.64. The van der Waals surface area contributed by atoms with Crippen LogP contribution in [0.25, 0.3) is 11.3 Å². The highest BCUT2D eigenvalue weighted by molar-refractivity contribution is 5.62. The molecule has 0 aliphatic carbocycles. The van der Waals surface area contributed by atoms with Gasteiger partial charge in [0.05, 0.1) is 5.69 Å². The van der Waals surface area contributed by atoms with Gasteiger partial charge in [-0.2, -0.15) is 0 Å². The van der Waals surface area contributed by atoms with Gasteiger partial charge in [0.1, 0.15) is 5.82 Å². The van der Waals surface area contributed by atoms with Crippen LogP contribution in [0, 0.1) is 0 Å². The lowest BCUT2D eigenvalue weighted by Crippen LogP contribution is -1.93. The highest BCUT2D eigenvalue weighted by atomic mass is 15.0. The summed E-state index contributed by atoms with van der Waals surface area (Å²) in [5.74, 6) is 0.902.